The van der Waals surface area contributed by atoms with Crippen molar-refractivity contribution in [3.63, 3.8) is 0 Å². The Morgan fingerprint density at radius 3 is 2.33 bits per heavy atom. The molecule has 0 atom stereocenters. The predicted octanol–water partition coefficient (Wildman–Crippen LogP) is 4.63. The monoisotopic (exact) mass is 479 g/mol. The van der Waals surface area contributed by atoms with Crippen LogP contribution in [0, 0.1) is 0 Å². The minimum absolute atomic E-state index is 0. The third-order valence-electron chi connectivity index (χ3n) is 4.85. The molecule has 1 saturated carbocycles. The quantitative estimate of drug-likeness (QED) is 0.346. The molecule has 1 aliphatic rings. The smallest absolute Gasteiger partial charge is 0.191 e. The van der Waals surface area contributed by atoms with E-state index in [4.69, 9.17) is 4.74 Å². The Bertz CT molecular complexity index is 700. The molecule has 146 valence electrons. The summed E-state index contributed by atoms with van der Waals surface area (Å²) in [6.45, 7) is 1.99. The van der Waals surface area contributed by atoms with E-state index in [1.165, 1.54) is 42.4 Å². The van der Waals surface area contributed by atoms with E-state index >= 15 is 0 Å². The first-order valence-corrected chi connectivity index (χ1v) is 9.51. The second-order valence-corrected chi connectivity index (χ2v) is 6.80. The van der Waals surface area contributed by atoms with E-state index in [1.54, 1.807) is 0 Å². The fourth-order valence-corrected chi connectivity index (χ4v) is 3.36. The van der Waals surface area contributed by atoms with E-state index in [2.05, 4.69) is 52.0 Å². The highest BCUT2D eigenvalue weighted by Gasteiger charge is 2.15. The first-order valence-electron chi connectivity index (χ1n) is 9.51. The summed E-state index contributed by atoms with van der Waals surface area (Å²) in [5, 5.41) is 6.97. The summed E-state index contributed by atoms with van der Waals surface area (Å²) < 4.78 is 5.91. The Hall–Kier alpha value is -1.60. The number of rotatable bonds is 7. The van der Waals surface area contributed by atoms with E-state index in [1.807, 2.05) is 25.2 Å². The first kappa shape index (κ1) is 21.7. The van der Waals surface area contributed by atoms with Crippen molar-refractivity contribution in [2.45, 2.75) is 51.5 Å². The van der Waals surface area contributed by atoms with Gasteiger partial charge in [-0.05, 0) is 29.5 Å². The molecule has 1 fully saturated rings. The van der Waals surface area contributed by atoms with Crippen LogP contribution in [0.2, 0.25) is 0 Å². The molecule has 1 aliphatic carbocycles. The minimum atomic E-state index is 0. The van der Waals surface area contributed by atoms with Gasteiger partial charge in [0.15, 0.2) is 5.96 Å². The maximum Gasteiger partial charge on any atom is 0.191 e. The average Bonchev–Trinajstić information content (AvgIpc) is 3.20. The lowest BCUT2D eigenvalue weighted by Crippen LogP contribution is -2.42. The Morgan fingerprint density at radius 2 is 1.63 bits per heavy atom. The van der Waals surface area contributed by atoms with Gasteiger partial charge in [0.2, 0.25) is 0 Å². The number of hydrogen-bond acceptors (Lipinski definition) is 2. The molecule has 0 amide bonds. The number of nitrogens with one attached hydrogen (secondary N) is 2. The maximum absolute atomic E-state index is 5.91. The Labute approximate surface area is 179 Å². The lowest BCUT2D eigenvalue weighted by Gasteiger charge is -2.18. The van der Waals surface area contributed by atoms with Crippen molar-refractivity contribution < 1.29 is 4.74 Å². The fourth-order valence-electron chi connectivity index (χ4n) is 3.36. The zero-order chi connectivity index (χ0) is 18.0. The maximum atomic E-state index is 5.91. The Balaban J connectivity index is 0.00000261. The van der Waals surface area contributed by atoms with Gasteiger partial charge in [-0.2, -0.15) is 0 Å². The van der Waals surface area contributed by atoms with Gasteiger partial charge in [0, 0.05) is 19.6 Å². The molecule has 0 aliphatic heterocycles. The van der Waals surface area contributed by atoms with E-state index in [0.717, 1.165) is 12.5 Å². The largest absolute Gasteiger partial charge is 0.372 e. The molecule has 5 heteroatoms. The highest BCUT2D eigenvalue weighted by Crippen LogP contribution is 2.17. The molecule has 27 heavy (non-hydrogen) atoms. The van der Waals surface area contributed by atoms with Gasteiger partial charge in [-0.25, -0.2) is 0 Å². The molecule has 3 rings (SSSR count). The second kappa shape index (κ2) is 12.0. The predicted molar refractivity (Wildman–Crippen MR) is 122 cm³/mol. The molecular formula is C22H30IN3O. The summed E-state index contributed by atoms with van der Waals surface area (Å²) in [5.41, 5.74) is 3.66. The molecule has 0 spiro atoms. The van der Waals surface area contributed by atoms with Gasteiger partial charge in [0.1, 0.15) is 0 Å². The van der Waals surface area contributed by atoms with E-state index in [0.29, 0.717) is 19.3 Å². The van der Waals surface area contributed by atoms with Gasteiger partial charge in [-0.3, -0.25) is 4.99 Å². The first-order chi connectivity index (χ1) is 12.8. The standard InChI is InChI=1S/C22H29N3O.HI/c1-23-22(25-21-13-7-8-14-21)24-15-19-11-5-6-12-20(19)17-26-16-18-9-3-2-4-10-18;/h2-6,9-12,21H,7-8,13-17H2,1H3,(H2,23,24,25);1H. The molecule has 0 heterocycles. The number of halogens is 1. The molecule has 0 radical (unpaired) electrons. The lowest BCUT2D eigenvalue weighted by atomic mass is 10.1. The van der Waals surface area contributed by atoms with E-state index in [-0.39, 0.29) is 24.0 Å². The van der Waals surface area contributed by atoms with Crippen molar-refractivity contribution in [3.8, 4) is 0 Å². The number of ether oxygens (including phenoxy) is 1. The molecule has 2 N–H and O–H groups in total. The van der Waals surface area contributed by atoms with Crippen molar-refractivity contribution in [1.82, 2.24) is 10.6 Å². The van der Waals surface area contributed by atoms with Gasteiger partial charge in [-0.15, -0.1) is 24.0 Å². The van der Waals surface area contributed by atoms with Crippen LogP contribution in [0.15, 0.2) is 59.6 Å². The number of guanidine groups is 1. The van der Waals surface area contributed by atoms with E-state index in [9.17, 15) is 0 Å². The number of aliphatic imine (C=N–C) groups is 1. The molecule has 0 bridgehead atoms. The minimum Gasteiger partial charge on any atom is -0.372 e. The van der Waals surface area contributed by atoms with Crippen LogP contribution in [0.3, 0.4) is 0 Å². The van der Waals surface area contributed by atoms with Gasteiger partial charge in [0.25, 0.3) is 0 Å². The molecular weight excluding hydrogens is 449 g/mol. The van der Waals surface area contributed by atoms with Crippen LogP contribution in [-0.4, -0.2) is 19.0 Å². The van der Waals surface area contributed by atoms with Gasteiger partial charge in [0.05, 0.1) is 13.2 Å². The second-order valence-electron chi connectivity index (χ2n) is 6.80. The summed E-state index contributed by atoms with van der Waals surface area (Å²) in [4.78, 5) is 4.36. The van der Waals surface area contributed by atoms with Crippen LogP contribution in [0.25, 0.3) is 0 Å². The number of nitrogens with zero attached hydrogens (tertiary/aromatic N) is 1. The lowest BCUT2D eigenvalue weighted by molar-refractivity contribution is 0.106. The Morgan fingerprint density at radius 1 is 0.963 bits per heavy atom. The van der Waals surface area contributed by atoms with E-state index < -0.39 is 0 Å². The zero-order valence-electron chi connectivity index (χ0n) is 16.0. The van der Waals surface area contributed by atoms with Gasteiger partial charge < -0.3 is 15.4 Å². The van der Waals surface area contributed by atoms with Crippen molar-refractivity contribution in [2.75, 3.05) is 7.05 Å². The van der Waals surface area contributed by atoms with Gasteiger partial charge in [-0.1, -0.05) is 67.4 Å². The normalized spacial score (nSPS) is 14.6. The van der Waals surface area contributed by atoms with Crippen LogP contribution >= 0.6 is 24.0 Å². The topological polar surface area (TPSA) is 45.7 Å². The van der Waals surface area contributed by atoms with Crippen LogP contribution < -0.4 is 10.6 Å². The van der Waals surface area contributed by atoms with Crippen molar-refractivity contribution in [2.24, 2.45) is 4.99 Å². The summed E-state index contributed by atoms with van der Waals surface area (Å²) in [6, 6.07) is 19.3. The highest BCUT2D eigenvalue weighted by atomic mass is 127. The fraction of sp³-hybridized carbons (Fsp3) is 0.409. The molecule has 0 unspecified atom stereocenters. The molecule has 0 aromatic heterocycles. The summed E-state index contributed by atoms with van der Waals surface area (Å²) in [6.07, 6.45) is 5.11. The van der Waals surface area contributed by atoms with Crippen LogP contribution in [0.5, 0.6) is 0 Å². The SMILES string of the molecule is CN=C(NCc1ccccc1COCc1ccccc1)NC1CCCC1.I. The molecule has 2 aromatic rings. The van der Waals surface area contributed by atoms with Crippen LogP contribution in [-0.2, 0) is 24.5 Å². The molecule has 4 nitrogen and oxygen atoms in total. The van der Waals surface area contributed by atoms with Crippen molar-refractivity contribution >= 4 is 29.9 Å². The van der Waals surface area contributed by atoms with Crippen LogP contribution in [0.1, 0.15) is 42.4 Å². The Kier molecular flexibility index (Phi) is 9.62. The summed E-state index contributed by atoms with van der Waals surface area (Å²) in [5.74, 6) is 0.886. The third-order valence-corrected chi connectivity index (χ3v) is 4.85. The number of benzene rings is 2. The third kappa shape index (κ3) is 7.14. The highest BCUT2D eigenvalue weighted by molar-refractivity contribution is 14.0. The summed E-state index contributed by atoms with van der Waals surface area (Å²) in [7, 11) is 1.83. The van der Waals surface area contributed by atoms with Crippen molar-refractivity contribution in [1.29, 1.82) is 0 Å². The van der Waals surface area contributed by atoms with Gasteiger partial charge >= 0.3 is 0 Å². The average molecular weight is 479 g/mol. The van der Waals surface area contributed by atoms with Crippen LogP contribution in [0.4, 0.5) is 0 Å². The zero-order valence-corrected chi connectivity index (χ0v) is 18.3. The molecule has 2 aromatic carbocycles. The summed E-state index contributed by atoms with van der Waals surface area (Å²) >= 11 is 0. The van der Waals surface area contributed by atoms with Crippen molar-refractivity contribution in [3.05, 3.63) is 71.3 Å². The number of hydrogen-bond donors (Lipinski definition) is 2. The molecule has 0 saturated heterocycles.